The topological polar surface area (TPSA) is 65.2 Å². The molecule has 2 aromatic rings. The van der Waals surface area contributed by atoms with Crippen molar-refractivity contribution in [1.82, 2.24) is 4.98 Å². The minimum atomic E-state index is -0.592. The molecule has 0 unspecified atom stereocenters. The van der Waals surface area contributed by atoms with Gasteiger partial charge in [-0.25, -0.2) is 14.2 Å². The van der Waals surface area contributed by atoms with Gasteiger partial charge < -0.3 is 10.5 Å². The molecule has 0 aliphatic heterocycles. The van der Waals surface area contributed by atoms with Crippen LogP contribution in [0, 0.1) is 12.7 Å². The van der Waals surface area contributed by atoms with Gasteiger partial charge in [-0.05, 0) is 25.1 Å². The minimum Gasteiger partial charge on any atom is -0.464 e. The number of anilines is 1. The third-order valence-corrected chi connectivity index (χ3v) is 3.21. The van der Waals surface area contributed by atoms with E-state index in [4.69, 9.17) is 17.3 Å². The Balaban J connectivity index is 2.60. The minimum absolute atomic E-state index is 0.0158. The summed E-state index contributed by atoms with van der Waals surface area (Å²) in [5.74, 6) is -1.16. The zero-order valence-corrected chi connectivity index (χ0v) is 11.7. The fourth-order valence-electron chi connectivity index (χ4n) is 1.73. The average Bonchev–Trinajstić information content (AvgIpc) is 2.44. The highest BCUT2D eigenvalue weighted by Crippen LogP contribution is 2.27. The molecule has 0 atom stereocenters. The lowest BCUT2D eigenvalue weighted by atomic mass is 10.1. The number of hydrogen-bond acceptors (Lipinski definition) is 4. The van der Waals surface area contributed by atoms with Gasteiger partial charge in [0, 0.05) is 16.8 Å². The van der Waals surface area contributed by atoms with E-state index in [9.17, 15) is 9.18 Å². The van der Waals surface area contributed by atoms with Crippen LogP contribution in [0.4, 0.5) is 10.1 Å². The molecule has 0 spiro atoms. The van der Waals surface area contributed by atoms with Crippen LogP contribution in [-0.2, 0) is 4.74 Å². The van der Waals surface area contributed by atoms with E-state index in [2.05, 4.69) is 9.72 Å². The summed E-state index contributed by atoms with van der Waals surface area (Å²) in [6.45, 7) is 1.67. The maximum absolute atomic E-state index is 13.5. The highest BCUT2D eigenvalue weighted by Gasteiger charge is 2.16. The van der Waals surface area contributed by atoms with Crippen molar-refractivity contribution in [3.05, 3.63) is 46.4 Å². The zero-order valence-electron chi connectivity index (χ0n) is 10.9. The van der Waals surface area contributed by atoms with Crippen LogP contribution >= 0.6 is 11.6 Å². The molecule has 0 radical (unpaired) electrons. The molecule has 104 valence electrons. The molecule has 0 saturated heterocycles. The second kappa shape index (κ2) is 5.46. The molecular weight excluding hydrogens is 283 g/mol. The molecule has 0 amide bonds. The van der Waals surface area contributed by atoms with Crippen molar-refractivity contribution in [1.29, 1.82) is 0 Å². The van der Waals surface area contributed by atoms with Crippen LogP contribution in [0.1, 0.15) is 16.1 Å². The van der Waals surface area contributed by atoms with Crippen molar-refractivity contribution in [2.45, 2.75) is 6.92 Å². The number of hydrogen-bond donors (Lipinski definition) is 1. The molecule has 1 aromatic carbocycles. The van der Waals surface area contributed by atoms with Crippen molar-refractivity contribution in [2.75, 3.05) is 12.8 Å². The average molecular weight is 295 g/mol. The van der Waals surface area contributed by atoms with Gasteiger partial charge >= 0.3 is 5.97 Å². The largest absolute Gasteiger partial charge is 0.464 e. The number of methoxy groups -OCH3 is 1. The molecule has 1 aromatic heterocycles. The molecule has 2 rings (SSSR count). The number of esters is 1. The Labute approximate surface area is 120 Å². The van der Waals surface area contributed by atoms with E-state index >= 15 is 0 Å². The third kappa shape index (κ3) is 2.58. The van der Waals surface area contributed by atoms with Gasteiger partial charge in [-0.15, -0.1) is 0 Å². The molecule has 20 heavy (non-hydrogen) atoms. The number of benzene rings is 1. The molecule has 2 N–H and O–H groups in total. The number of aromatic nitrogens is 1. The van der Waals surface area contributed by atoms with Gasteiger partial charge in [0.25, 0.3) is 0 Å². The molecule has 0 aliphatic carbocycles. The Morgan fingerprint density at radius 1 is 1.40 bits per heavy atom. The summed E-state index contributed by atoms with van der Waals surface area (Å²) < 4.78 is 18.1. The monoisotopic (exact) mass is 294 g/mol. The summed E-state index contributed by atoms with van der Waals surface area (Å²) in [7, 11) is 1.26. The van der Waals surface area contributed by atoms with Gasteiger partial charge in [0.05, 0.1) is 17.8 Å². The highest BCUT2D eigenvalue weighted by atomic mass is 35.5. The number of nitrogens with two attached hydrogens (primary N) is 1. The SMILES string of the molecule is COC(=O)c1nc(-c2ccc(Cl)c(F)c2)cc(N)c1C. The molecule has 0 bridgehead atoms. The van der Waals surface area contributed by atoms with Crippen molar-refractivity contribution in [3.63, 3.8) is 0 Å². The number of nitrogen functional groups attached to an aromatic ring is 1. The lowest BCUT2D eigenvalue weighted by Crippen LogP contribution is -2.09. The summed E-state index contributed by atoms with van der Waals surface area (Å²) in [6, 6.07) is 5.83. The van der Waals surface area contributed by atoms with Crippen LogP contribution < -0.4 is 5.73 Å². The fourth-order valence-corrected chi connectivity index (χ4v) is 1.85. The number of nitrogens with zero attached hydrogens (tertiary/aromatic N) is 1. The smallest absolute Gasteiger partial charge is 0.357 e. The zero-order chi connectivity index (χ0) is 14.9. The van der Waals surface area contributed by atoms with Crippen LogP contribution in [0.5, 0.6) is 0 Å². The lowest BCUT2D eigenvalue weighted by molar-refractivity contribution is 0.0593. The van der Waals surface area contributed by atoms with E-state index in [1.54, 1.807) is 19.1 Å². The number of pyridine rings is 1. The Bertz CT molecular complexity index is 689. The second-order valence-electron chi connectivity index (χ2n) is 4.19. The maximum atomic E-state index is 13.5. The second-order valence-corrected chi connectivity index (χ2v) is 4.60. The van der Waals surface area contributed by atoms with Gasteiger partial charge in [-0.1, -0.05) is 17.7 Å². The first-order valence-corrected chi connectivity index (χ1v) is 6.12. The Morgan fingerprint density at radius 2 is 2.10 bits per heavy atom. The molecule has 4 nitrogen and oxygen atoms in total. The Morgan fingerprint density at radius 3 is 2.70 bits per heavy atom. The van der Waals surface area contributed by atoms with E-state index in [1.165, 1.54) is 19.2 Å². The quantitative estimate of drug-likeness (QED) is 0.864. The van der Waals surface area contributed by atoms with Crippen molar-refractivity contribution in [3.8, 4) is 11.3 Å². The van der Waals surface area contributed by atoms with E-state index in [0.717, 1.165) is 0 Å². The normalized spacial score (nSPS) is 10.4. The van der Waals surface area contributed by atoms with E-state index in [1.807, 2.05) is 0 Å². The molecule has 0 fully saturated rings. The fraction of sp³-hybridized carbons (Fsp3) is 0.143. The van der Waals surface area contributed by atoms with Gasteiger partial charge in [0.2, 0.25) is 0 Å². The van der Waals surface area contributed by atoms with Crippen molar-refractivity contribution >= 4 is 23.3 Å². The first kappa shape index (κ1) is 14.3. The molecule has 0 aliphatic rings. The lowest BCUT2D eigenvalue weighted by Gasteiger charge is -2.10. The predicted octanol–water partition coefficient (Wildman–Crippen LogP) is 3.22. The maximum Gasteiger partial charge on any atom is 0.357 e. The van der Waals surface area contributed by atoms with Gasteiger partial charge in [-0.2, -0.15) is 0 Å². The molecular formula is C14H12ClFN2O2. The Kier molecular flexibility index (Phi) is 3.90. The van der Waals surface area contributed by atoms with Crippen LogP contribution in [0.2, 0.25) is 5.02 Å². The van der Waals surface area contributed by atoms with Crippen LogP contribution in [-0.4, -0.2) is 18.1 Å². The number of carbonyl (C=O) groups excluding carboxylic acids is 1. The summed E-state index contributed by atoms with van der Waals surface area (Å²) in [5.41, 5.74) is 7.72. The first-order chi connectivity index (χ1) is 9.43. The number of carbonyl (C=O) groups is 1. The predicted molar refractivity (Wildman–Crippen MR) is 75.1 cm³/mol. The van der Waals surface area contributed by atoms with Gasteiger partial charge in [0.1, 0.15) is 5.82 Å². The Hall–Kier alpha value is -2.14. The summed E-state index contributed by atoms with van der Waals surface area (Å²) >= 11 is 5.63. The third-order valence-electron chi connectivity index (χ3n) is 2.91. The molecule has 1 heterocycles. The molecule has 0 saturated carbocycles. The standard InChI is InChI=1S/C14H12ClFN2O2/c1-7-11(17)6-12(18-13(7)14(19)20-2)8-3-4-9(15)10(16)5-8/h3-6H,1-2H3,(H2,17,18). The first-order valence-electron chi connectivity index (χ1n) is 5.75. The summed E-state index contributed by atoms with van der Waals surface area (Å²) in [4.78, 5) is 15.8. The van der Waals surface area contributed by atoms with Crippen LogP contribution in [0.15, 0.2) is 24.3 Å². The number of rotatable bonds is 2. The van der Waals surface area contributed by atoms with Crippen molar-refractivity contribution < 1.29 is 13.9 Å². The van der Waals surface area contributed by atoms with E-state index < -0.39 is 11.8 Å². The van der Waals surface area contributed by atoms with Crippen molar-refractivity contribution in [2.24, 2.45) is 0 Å². The van der Waals surface area contributed by atoms with Gasteiger partial charge in [0.15, 0.2) is 5.69 Å². The summed E-state index contributed by atoms with van der Waals surface area (Å²) in [5, 5.41) is 0.0158. The van der Waals surface area contributed by atoms with E-state index in [0.29, 0.717) is 22.5 Å². The highest BCUT2D eigenvalue weighted by molar-refractivity contribution is 6.30. The van der Waals surface area contributed by atoms with E-state index in [-0.39, 0.29) is 10.7 Å². The van der Waals surface area contributed by atoms with Crippen LogP contribution in [0.25, 0.3) is 11.3 Å². The summed E-state index contributed by atoms with van der Waals surface area (Å²) in [6.07, 6.45) is 0. The molecule has 6 heteroatoms. The number of halogens is 2. The van der Waals surface area contributed by atoms with Gasteiger partial charge in [-0.3, -0.25) is 0 Å². The number of ether oxygens (including phenoxy) is 1. The van der Waals surface area contributed by atoms with Crippen LogP contribution in [0.3, 0.4) is 0 Å².